The van der Waals surface area contributed by atoms with Crippen LogP contribution in [0.5, 0.6) is 0 Å². The highest BCUT2D eigenvalue weighted by molar-refractivity contribution is 6.36. The zero-order valence-electron chi connectivity index (χ0n) is 15.1. The number of hydrogen-bond donors (Lipinski definition) is 1. The molecule has 0 atom stereocenters. The summed E-state index contributed by atoms with van der Waals surface area (Å²) in [5, 5.41) is 15.2. The van der Waals surface area contributed by atoms with Crippen molar-refractivity contribution in [2.24, 2.45) is 0 Å². The van der Waals surface area contributed by atoms with Crippen LogP contribution >= 0.6 is 23.2 Å². The first kappa shape index (κ1) is 19.2. The van der Waals surface area contributed by atoms with E-state index in [0.29, 0.717) is 15.7 Å². The number of pyridine rings is 1. The highest BCUT2D eigenvalue weighted by atomic mass is 35.5. The third kappa shape index (κ3) is 4.16. The Labute approximate surface area is 177 Å². The lowest BCUT2D eigenvalue weighted by molar-refractivity contribution is 0.0684. The average Bonchev–Trinajstić information content (AvgIpc) is 3.13. The molecular weight excluding hydrogens is 409 g/mol. The van der Waals surface area contributed by atoms with Crippen molar-refractivity contribution in [1.82, 2.24) is 14.8 Å². The second-order valence-electron chi connectivity index (χ2n) is 6.40. The van der Waals surface area contributed by atoms with Crippen molar-refractivity contribution in [2.45, 2.75) is 6.54 Å². The van der Waals surface area contributed by atoms with Crippen LogP contribution in [0.2, 0.25) is 10.0 Å². The van der Waals surface area contributed by atoms with Crippen molar-refractivity contribution in [3.8, 4) is 22.4 Å². The summed E-state index contributed by atoms with van der Waals surface area (Å²) in [6.07, 6.45) is 1.67. The normalized spacial score (nSPS) is 10.8. The number of carboxylic acids is 1. The lowest BCUT2D eigenvalue weighted by Crippen LogP contribution is -2.11. The number of nitrogens with zero attached hydrogens (tertiary/aromatic N) is 3. The van der Waals surface area contributed by atoms with E-state index in [1.807, 2.05) is 48.5 Å². The van der Waals surface area contributed by atoms with Crippen molar-refractivity contribution in [1.29, 1.82) is 0 Å². The molecule has 2 aromatic carbocycles. The molecule has 2 heterocycles. The SMILES string of the molecule is O=C(O)c1cc(-c2ccc(-c3ccc(Cl)cc3Cl)cc2)nn1Cc1ccccn1. The Kier molecular flexibility index (Phi) is 5.34. The number of benzene rings is 2. The van der Waals surface area contributed by atoms with Crippen LogP contribution in [0.4, 0.5) is 0 Å². The Bertz CT molecular complexity index is 1170. The molecule has 144 valence electrons. The van der Waals surface area contributed by atoms with Gasteiger partial charge in [0.15, 0.2) is 0 Å². The quantitative estimate of drug-likeness (QED) is 0.449. The van der Waals surface area contributed by atoms with E-state index in [9.17, 15) is 9.90 Å². The maximum absolute atomic E-state index is 11.7. The topological polar surface area (TPSA) is 68.0 Å². The van der Waals surface area contributed by atoms with Crippen molar-refractivity contribution >= 4 is 29.2 Å². The van der Waals surface area contributed by atoms with Gasteiger partial charge >= 0.3 is 5.97 Å². The molecule has 0 radical (unpaired) electrons. The molecule has 0 saturated heterocycles. The summed E-state index contributed by atoms with van der Waals surface area (Å²) in [5.74, 6) is -1.04. The van der Waals surface area contributed by atoms with Crippen LogP contribution < -0.4 is 0 Å². The molecule has 0 spiro atoms. The summed E-state index contributed by atoms with van der Waals surface area (Å²) in [6.45, 7) is 0.279. The van der Waals surface area contributed by atoms with Gasteiger partial charge in [-0.2, -0.15) is 5.10 Å². The third-order valence-corrected chi connectivity index (χ3v) is 5.01. The van der Waals surface area contributed by atoms with Gasteiger partial charge in [0.05, 0.1) is 17.9 Å². The Morgan fingerprint density at radius 3 is 2.38 bits per heavy atom. The van der Waals surface area contributed by atoms with Gasteiger partial charge < -0.3 is 5.11 Å². The van der Waals surface area contributed by atoms with Gasteiger partial charge in [-0.25, -0.2) is 4.79 Å². The van der Waals surface area contributed by atoms with E-state index in [1.54, 1.807) is 24.4 Å². The third-order valence-electron chi connectivity index (χ3n) is 4.46. The van der Waals surface area contributed by atoms with Gasteiger partial charge in [0.1, 0.15) is 5.69 Å². The van der Waals surface area contributed by atoms with Gasteiger partial charge in [-0.05, 0) is 35.9 Å². The molecule has 7 heteroatoms. The lowest BCUT2D eigenvalue weighted by atomic mass is 10.0. The molecule has 0 aliphatic carbocycles. The Morgan fingerprint density at radius 2 is 1.72 bits per heavy atom. The van der Waals surface area contributed by atoms with E-state index in [1.165, 1.54) is 4.68 Å². The number of aromatic carboxylic acids is 1. The summed E-state index contributed by atoms with van der Waals surface area (Å²) in [4.78, 5) is 15.9. The summed E-state index contributed by atoms with van der Waals surface area (Å²) in [5.41, 5.74) is 4.03. The summed E-state index contributed by atoms with van der Waals surface area (Å²) in [7, 11) is 0. The second kappa shape index (κ2) is 8.07. The molecule has 29 heavy (non-hydrogen) atoms. The minimum absolute atomic E-state index is 0.107. The van der Waals surface area contributed by atoms with Crippen molar-refractivity contribution in [3.63, 3.8) is 0 Å². The lowest BCUT2D eigenvalue weighted by Gasteiger charge is -2.06. The van der Waals surface area contributed by atoms with E-state index in [4.69, 9.17) is 23.2 Å². The molecule has 0 unspecified atom stereocenters. The fraction of sp³-hybridized carbons (Fsp3) is 0.0455. The molecule has 0 saturated carbocycles. The van der Waals surface area contributed by atoms with E-state index in [-0.39, 0.29) is 12.2 Å². The highest BCUT2D eigenvalue weighted by Gasteiger charge is 2.16. The fourth-order valence-corrected chi connectivity index (χ4v) is 3.56. The first-order chi connectivity index (χ1) is 14.0. The second-order valence-corrected chi connectivity index (χ2v) is 7.24. The largest absolute Gasteiger partial charge is 0.477 e. The minimum atomic E-state index is -1.04. The fourth-order valence-electron chi connectivity index (χ4n) is 3.04. The van der Waals surface area contributed by atoms with Crippen molar-refractivity contribution in [2.75, 3.05) is 0 Å². The van der Waals surface area contributed by atoms with E-state index in [2.05, 4.69) is 10.1 Å². The van der Waals surface area contributed by atoms with Crippen molar-refractivity contribution < 1.29 is 9.90 Å². The molecule has 0 aliphatic heterocycles. The van der Waals surface area contributed by atoms with Crippen LogP contribution in [0.15, 0.2) is 72.9 Å². The zero-order chi connectivity index (χ0) is 20.4. The number of carboxylic acid groups (broad SMARTS) is 1. The van der Waals surface area contributed by atoms with Crippen molar-refractivity contribution in [3.05, 3.63) is 94.4 Å². The van der Waals surface area contributed by atoms with Crippen LogP contribution in [0.25, 0.3) is 22.4 Å². The van der Waals surface area contributed by atoms with Crippen LogP contribution in [0.3, 0.4) is 0 Å². The van der Waals surface area contributed by atoms with E-state index in [0.717, 1.165) is 22.4 Å². The summed E-state index contributed by atoms with van der Waals surface area (Å²) < 4.78 is 1.45. The van der Waals surface area contributed by atoms with Gasteiger partial charge in [0.25, 0.3) is 0 Å². The number of aromatic nitrogens is 3. The number of halogens is 2. The molecule has 1 N–H and O–H groups in total. The monoisotopic (exact) mass is 423 g/mol. The number of carbonyl (C=O) groups is 1. The smallest absolute Gasteiger partial charge is 0.354 e. The zero-order valence-corrected chi connectivity index (χ0v) is 16.6. The standard InChI is InChI=1S/C22H15Cl2N3O2/c23-16-8-9-18(19(24)11-16)14-4-6-15(7-5-14)20-12-21(22(28)29)27(26-20)13-17-3-1-2-10-25-17/h1-12H,13H2,(H,28,29). The van der Waals surface area contributed by atoms with Crippen LogP contribution in [0.1, 0.15) is 16.2 Å². The molecule has 0 fully saturated rings. The summed E-state index contributed by atoms with van der Waals surface area (Å²) >= 11 is 12.2. The van der Waals surface area contributed by atoms with Crippen LogP contribution in [0, 0.1) is 0 Å². The van der Waals surface area contributed by atoms with E-state index < -0.39 is 5.97 Å². The van der Waals surface area contributed by atoms with Gasteiger partial charge in [0, 0.05) is 27.4 Å². The maximum atomic E-state index is 11.7. The first-order valence-electron chi connectivity index (χ1n) is 8.78. The van der Waals surface area contributed by atoms with Crippen LogP contribution in [-0.4, -0.2) is 25.8 Å². The first-order valence-corrected chi connectivity index (χ1v) is 9.54. The van der Waals surface area contributed by atoms with Crippen LogP contribution in [-0.2, 0) is 6.54 Å². The van der Waals surface area contributed by atoms with Gasteiger partial charge in [-0.3, -0.25) is 9.67 Å². The predicted octanol–water partition coefficient (Wildman–Crippen LogP) is 5.67. The molecule has 0 aliphatic rings. The van der Waals surface area contributed by atoms with Gasteiger partial charge in [0.2, 0.25) is 0 Å². The average molecular weight is 424 g/mol. The molecule has 4 rings (SSSR count). The minimum Gasteiger partial charge on any atom is -0.477 e. The van der Waals surface area contributed by atoms with Gasteiger partial charge in [-0.15, -0.1) is 0 Å². The maximum Gasteiger partial charge on any atom is 0.354 e. The molecular formula is C22H15Cl2N3O2. The van der Waals surface area contributed by atoms with E-state index >= 15 is 0 Å². The number of hydrogen-bond acceptors (Lipinski definition) is 3. The molecule has 0 amide bonds. The molecule has 4 aromatic rings. The molecule has 0 bridgehead atoms. The molecule has 2 aromatic heterocycles. The summed E-state index contributed by atoms with van der Waals surface area (Å²) in [6, 6.07) is 20.0. The predicted molar refractivity (Wildman–Crippen MR) is 113 cm³/mol. The Morgan fingerprint density at radius 1 is 0.966 bits per heavy atom. The Hall–Kier alpha value is -3.15. The Balaban J connectivity index is 1.66. The number of rotatable bonds is 5. The highest BCUT2D eigenvalue weighted by Crippen LogP contribution is 2.31. The van der Waals surface area contributed by atoms with Gasteiger partial charge in [-0.1, -0.05) is 59.6 Å². The molecule has 5 nitrogen and oxygen atoms in total.